The highest BCUT2D eigenvalue weighted by Gasteiger charge is 2.13. The van der Waals surface area contributed by atoms with E-state index in [1.54, 1.807) is 0 Å². The van der Waals surface area contributed by atoms with E-state index in [-0.39, 0.29) is 5.60 Å². The minimum Gasteiger partial charge on any atom is -0.472 e. The predicted molar refractivity (Wildman–Crippen MR) is 76.0 cm³/mol. The molecule has 1 aromatic rings. The standard InChI is InChI=1S/C15H26N2O/c1-6-8-13-9-12(11-16-7-2)10-14(17-13)18-15(3,4)5/h9-10,16H,6-8,11H2,1-5H3. The van der Waals surface area contributed by atoms with E-state index in [4.69, 9.17) is 4.74 Å². The maximum absolute atomic E-state index is 5.87. The normalized spacial score (nSPS) is 11.6. The molecule has 0 atom stereocenters. The smallest absolute Gasteiger partial charge is 0.214 e. The number of hydrogen-bond donors (Lipinski definition) is 1. The van der Waals surface area contributed by atoms with Crippen LogP contribution in [0.2, 0.25) is 0 Å². The van der Waals surface area contributed by atoms with Crippen molar-refractivity contribution in [2.45, 2.75) is 59.6 Å². The van der Waals surface area contributed by atoms with Crippen LogP contribution in [0.5, 0.6) is 5.88 Å². The van der Waals surface area contributed by atoms with E-state index in [0.717, 1.165) is 37.5 Å². The van der Waals surface area contributed by atoms with Crippen LogP contribution >= 0.6 is 0 Å². The molecule has 0 aliphatic heterocycles. The van der Waals surface area contributed by atoms with E-state index in [1.807, 2.05) is 26.8 Å². The van der Waals surface area contributed by atoms with Crippen LogP contribution < -0.4 is 10.1 Å². The molecule has 1 rings (SSSR count). The summed E-state index contributed by atoms with van der Waals surface area (Å²) in [7, 11) is 0. The Balaban J connectivity index is 2.90. The van der Waals surface area contributed by atoms with Crippen molar-refractivity contribution in [1.82, 2.24) is 10.3 Å². The van der Waals surface area contributed by atoms with E-state index in [1.165, 1.54) is 5.56 Å². The van der Waals surface area contributed by atoms with Crippen LogP contribution in [-0.4, -0.2) is 17.1 Å². The zero-order chi connectivity index (χ0) is 13.6. The first kappa shape index (κ1) is 15.0. The van der Waals surface area contributed by atoms with Gasteiger partial charge in [0.25, 0.3) is 0 Å². The molecule has 0 radical (unpaired) electrons. The number of hydrogen-bond acceptors (Lipinski definition) is 3. The van der Waals surface area contributed by atoms with Crippen LogP contribution in [0.15, 0.2) is 12.1 Å². The van der Waals surface area contributed by atoms with Crippen molar-refractivity contribution >= 4 is 0 Å². The summed E-state index contributed by atoms with van der Waals surface area (Å²) in [6.07, 6.45) is 2.10. The Morgan fingerprint density at radius 1 is 1.22 bits per heavy atom. The molecule has 1 heterocycles. The van der Waals surface area contributed by atoms with Crippen LogP contribution in [0.25, 0.3) is 0 Å². The molecule has 1 aromatic heterocycles. The fourth-order valence-corrected chi connectivity index (χ4v) is 1.74. The number of nitrogens with zero attached hydrogens (tertiary/aromatic N) is 1. The average molecular weight is 250 g/mol. The third-order valence-electron chi connectivity index (χ3n) is 2.41. The van der Waals surface area contributed by atoms with E-state index >= 15 is 0 Å². The topological polar surface area (TPSA) is 34.1 Å². The van der Waals surface area contributed by atoms with Gasteiger partial charge in [0.05, 0.1) is 0 Å². The highest BCUT2D eigenvalue weighted by atomic mass is 16.5. The molecule has 102 valence electrons. The van der Waals surface area contributed by atoms with Crippen molar-refractivity contribution in [2.24, 2.45) is 0 Å². The zero-order valence-electron chi connectivity index (χ0n) is 12.3. The Kier molecular flexibility index (Phi) is 5.60. The number of aryl methyl sites for hydroxylation is 1. The van der Waals surface area contributed by atoms with Gasteiger partial charge in [0, 0.05) is 18.3 Å². The molecule has 0 aliphatic carbocycles. The van der Waals surface area contributed by atoms with Crippen LogP contribution in [0.1, 0.15) is 52.3 Å². The van der Waals surface area contributed by atoms with E-state index in [2.05, 4.69) is 30.2 Å². The molecule has 0 unspecified atom stereocenters. The fourth-order valence-electron chi connectivity index (χ4n) is 1.74. The summed E-state index contributed by atoms with van der Waals surface area (Å²) >= 11 is 0. The molecule has 3 heteroatoms. The molecule has 0 aliphatic rings. The van der Waals surface area contributed by atoms with Crippen molar-refractivity contribution < 1.29 is 4.74 Å². The summed E-state index contributed by atoms with van der Waals surface area (Å²) in [5.74, 6) is 0.737. The Morgan fingerprint density at radius 3 is 2.50 bits per heavy atom. The van der Waals surface area contributed by atoms with Gasteiger partial charge in [-0.25, -0.2) is 4.98 Å². The van der Waals surface area contributed by atoms with Crippen molar-refractivity contribution in [3.63, 3.8) is 0 Å². The van der Waals surface area contributed by atoms with Gasteiger partial charge in [0.2, 0.25) is 5.88 Å². The van der Waals surface area contributed by atoms with Crippen molar-refractivity contribution in [3.8, 4) is 5.88 Å². The second kappa shape index (κ2) is 6.74. The molecular formula is C15H26N2O. The fraction of sp³-hybridized carbons (Fsp3) is 0.667. The molecule has 0 amide bonds. The minimum absolute atomic E-state index is 0.201. The SMILES string of the molecule is CCCc1cc(CNCC)cc(OC(C)(C)C)n1. The van der Waals surface area contributed by atoms with Gasteiger partial charge in [-0.2, -0.15) is 0 Å². The van der Waals surface area contributed by atoms with Crippen molar-refractivity contribution in [1.29, 1.82) is 0 Å². The number of nitrogens with one attached hydrogen (secondary N) is 1. The first-order valence-corrected chi connectivity index (χ1v) is 6.84. The molecule has 0 aromatic carbocycles. The number of ether oxygens (including phenoxy) is 1. The minimum atomic E-state index is -0.201. The van der Waals surface area contributed by atoms with Gasteiger partial charge in [0.1, 0.15) is 5.60 Å². The largest absolute Gasteiger partial charge is 0.472 e. The molecule has 3 nitrogen and oxygen atoms in total. The van der Waals surface area contributed by atoms with Crippen LogP contribution in [-0.2, 0) is 13.0 Å². The third-order valence-corrected chi connectivity index (χ3v) is 2.41. The van der Waals surface area contributed by atoms with Crippen molar-refractivity contribution in [2.75, 3.05) is 6.54 Å². The van der Waals surface area contributed by atoms with Gasteiger partial charge in [-0.15, -0.1) is 0 Å². The second-order valence-electron chi connectivity index (χ2n) is 5.55. The average Bonchev–Trinajstić information content (AvgIpc) is 2.24. The van der Waals surface area contributed by atoms with Gasteiger partial charge in [0.15, 0.2) is 0 Å². The molecule has 0 bridgehead atoms. The Bertz CT molecular complexity index is 369. The summed E-state index contributed by atoms with van der Waals surface area (Å²) < 4.78 is 5.87. The zero-order valence-corrected chi connectivity index (χ0v) is 12.3. The summed E-state index contributed by atoms with van der Waals surface area (Å²) in [5, 5.41) is 3.34. The maximum atomic E-state index is 5.87. The third kappa shape index (κ3) is 5.50. The molecule has 0 saturated carbocycles. The van der Waals surface area contributed by atoms with Gasteiger partial charge < -0.3 is 10.1 Å². The highest BCUT2D eigenvalue weighted by molar-refractivity contribution is 5.25. The lowest BCUT2D eigenvalue weighted by molar-refractivity contribution is 0.123. The summed E-state index contributed by atoms with van der Waals surface area (Å²) in [6, 6.07) is 4.20. The highest BCUT2D eigenvalue weighted by Crippen LogP contribution is 2.19. The number of pyridine rings is 1. The maximum Gasteiger partial charge on any atom is 0.214 e. The first-order valence-electron chi connectivity index (χ1n) is 6.84. The molecule has 0 saturated heterocycles. The van der Waals surface area contributed by atoms with Crippen LogP contribution in [0.4, 0.5) is 0 Å². The Hall–Kier alpha value is -1.09. The molecule has 18 heavy (non-hydrogen) atoms. The van der Waals surface area contributed by atoms with Gasteiger partial charge >= 0.3 is 0 Å². The van der Waals surface area contributed by atoms with Gasteiger partial charge in [-0.3, -0.25) is 0 Å². The Labute approximate surface area is 111 Å². The summed E-state index contributed by atoms with van der Waals surface area (Å²) in [4.78, 5) is 4.57. The molecule has 0 fully saturated rings. The predicted octanol–water partition coefficient (Wildman–Crippen LogP) is 3.32. The lowest BCUT2D eigenvalue weighted by atomic mass is 10.1. The van der Waals surface area contributed by atoms with E-state index in [0.29, 0.717) is 0 Å². The van der Waals surface area contributed by atoms with Gasteiger partial charge in [-0.1, -0.05) is 20.3 Å². The van der Waals surface area contributed by atoms with E-state index in [9.17, 15) is 0 Å². The molecular weight excluding hydrogens is 224 g/mol. The monoisotopic (exact) mass is 250 g/mol. The first-order chi connectivity index (χ1) is 8.44. The second-order valence-corrected chi connectivity index (χ2v) is 5.55. The number of rotatable bonds is 6. The molecule has 1 N–H and O–H groups in total. The number of aromatic nitrogens is 1. The summed E-state index contributed by atoms with van der Waals surface area (Å²) in [5.41, 5.74) is 2.16. The van der Waals surface area contributed by atoms with Crippen LogP contribution in [0.3, 0.4) is 0 Å². The lowest BCUT2D eigenvalue weighted by Crippen LogP contribution is -2.24. The Morgan fingerprint density at radius 2 is 1.94 bits per heavy atom. The quantitative estimate of drug-likeness (QED) is 0.841. The summed E-state index contributed by atoms with van der Waals surface area (Å²) in [6.45, 7) is 12.3. The lowest BCUT2D eigenvalue weighted by Gasteiger charge is -2.21. The van der Waals surface area contributed by atoms with Crippen molar-refractivity contribution in [3.05, 3.63) is 23.4 Å². The van der Waals surface area contributed by atoms with Crippen LogP contribution in [0, 0.1) is 0 Å². The van der Waals surface area contributed by atoms with E-state index < -0.39 is 0 Å². The van der Waals surface area contributed by atoms with Gasteiger partial charge in [-0.05, 0) is 45.4 Å². The molecule has 0 spiro atoms.